The molecule has 0 aromatic heterocycles. The first kappa shape index (κ1) is 24.7. The third-order valence-electron chi connectivity index (χ3n) is 9.93. The molecule has 0 saturated carbocycles. The molecule has 10 rings (SSSR count). The predicted octanol–water partition coefficient (Wildman–Crippen LogP) is 12.2. The molecule has 1 heteroatoms. The van der Waals surface area contributed by atoms with Crippen molar-refractivity contribution in [3.05, 3.63) is 156 Å². The van der Waals surface area contributed by atoms with E-state index < -0.39 is 0 Å². The number of ether oxygens (including phenoxy) is 1. The predicted molar refractivity (Wildman–Crippen MR) is 190 cm³/mol. The summed E-state index contributed by atoms with van der Waals surface area (Å²) in [4.78, 5) is 0. The molecular formula is C44H28O. The molecule has 1 heterocycles. The number of fused-ring (bicyclic) bond motifs is 8. The highest BCUT2D eigenvalue weighted by molar-refractivity contribution is 6.17. The highest BCUT2D eigenvalue weighted by Gasteiger charge is 2.24. The second-order valence-corrected chi connectivity index (χ2v) is 12.4. The van der Waals surface area contributed by atoms with Gasteiger partial charge in [0.1, 0.15) is 11.5 Å². The Labute approximate surface area is 261 Å². The van der Waals surface area contributed by atoms with Crippen LogP contribution in [0, 0.1) is 0 Å². The minimum atomic E-state index is 0.930. The summed E-state index contributed by atoms with van der Waals surface area (Å²) < 4.78 is 6.81. The maximum atomic E-state index is 6.81. The number of hydrogen-bond acceptors (Lipinski definition) is 1. The molecule has 0 atom stereocenters. The highest BCUT2D eigenvalue weighted by atomic mass is 16.5. The highest BCUT2D eigenvalue weighted by Crippen LogP contribution is 2.51. The van der Waals surface area contributed by atoms with Gasteiger partial charge in [-0.2, -0.15) is 0 Å². The second kappa shape index (κ2) is 9.42. The third-order valence-corrected chi connectivity index (χ3v) is 9.93. The average molecular weight is 573 g/mol. The van der Waals surface area contributed by atoms with Gasteiger partial charge in [-0.25, -0.2) is 0 Å². The average Bonchev–Trinajstić information content (AvgIpc) is 3.11. The van der Waals surface area contributed by atoms with Crippen molar-refractivity contribution >= 4 is 54.7 Å². The van der Waals surface area contributed by atoms with Gasteiger partial charge >= 0.3 is 0 Å². The molecule has 1 aliphatic carbocycles. The normalized spacial score (nSPS) is 13.5. The molecule has 45 heavy (non-hydrogen) atoms. The van der Waals surface area contributed by atoms with E-state index in [1.165, 1.54) is 76.5 Å². The van der Waals surface area contributed by atoms with Gasteiger partial charge < -0.3 is 4.74 Å². The Kier molecular flexibility index (Phi) is 5.18. The monoisotopic (exact) mass is 572 g/mol. The van der Waals surface area contributed by atoms with E-state index in [4.69, 9.17) is 4.74 Å². The maximum Gasteiger partial charge on any atom is 0.143 e. The lowest BCUT2D eigenvalue weighted by atomic mass is 9.85. The van der Waals surface area contributed by atoms with Crippen LogP contribution in [-0.4, -0.2) is 0 Å². The molecule has 8 aromatic rings. The summed E-state index contributed by atoms with van der Waals surface area (Å²) in [5, 5.41) is 10.0. The summed E-state index contributed by atoms with van der Waals surface area (Å²) in [6.45, 7) is 0. The van der Waals surface area contributed by atoms with E-state index in [1.54, 1.807) is 0 Å². The van der Waals surface area contributed by atoms with Gasteiger partial charge in [0.25, 0.3) is 0 Å². The molecule has 0 bridgehead atoms. The van der Waals surface area contributed by atoms with Crippen molar-refractivity contribution in [2.24, 2.45) is 0 Å². The zero-order chi connectivity index (χ0) is 29.5. The van der Waals surface area contributed by atoms with Crippen LogP contribution < -0.4 is 4.74 Å². The van der Waals surface area contributed by atoms with E-state index in [-0.39, 0.29) is 0 Å². The molecule has 0 unspecified atom stereocenters. The van der Waals surface area contributed by atoms with Crippen LogP contribution in [0.15, 0.2) is 140 Å². The number of hydrogen-bond donors (Lipinski definition) is 0. The number of allylic oxidation sites excluding steroid dienone is 1. The Morgan fingerprint density at radius 2 is 1.13 bits per heavy atom. The smallest absolute Gasteiger partial charge is 0.143 e. The quantitative estimate of drug-likeness (QED) is 0.187. The molecule has 1 nitrogen and oxygen atoms in total. The van der Waals surface area contributed by atoms with Gasteiger partial charge in [0.05, 0.1) is 0 Å². The number of benzene rings is 8. The van der Waals surface area contributed by atoms with Crippen LogP contribution in [0.3, 0.4) is 0 Å². The molecule has 0 saturated heterocycles. The Bertz CT molecular complexity index is 2570. The second-order valence-electron chi connectivity index (χ2n) is 12.4. The van der Waals surface area contributed by atoms with Crippen LogP contribution in [-0.2, 0) is 6.42 Å². The zero-order valence-electron chi connectivity index (χ0n) is 24.7. The van der Waals surface area contributed by atoms with E-state index >= 15 is 0 Å². The van der Waals surface area contributed by atoms with Gasteiger partial charge in [0, 0.05) is 16.5 Å². The van der Waals surface area contributed by atoms with E-state index in [1.807, 2.05) is 0 Å². The Morgan fingerprint density at radius 1 is 0.444 bits per heavy atom. The minimum absolute atomic E-state index is 0.930. The first-order valence-electron chi connectivity index (χ1n) is 15.8. The molecule has 0 radical (unpaired) electrons. The van der Waals surface area contributed by atoms with Gasteiger partial charge in [-0.1, -0.05) is 127 Å². The summed E-state index contributed by atoms with van der Waals surface area (Å²) in [6.07, 6.45) is 4.56. The lowest BCUT2D eigenvalue weighted by molar-refractivity contribution is 0.489. The van der Waals surface area contributed by atoms with Crippen molar-refractivity contribution in [1.29, 1.82) is 0 Å². The molecule has 0 amide bonds. The number of para-hydroxylation sites is 1. The van der Waals surface area contributed by atoms with E-state index in [9.17, 15) is 0 Å². The van der Waals surface area contributed by atoms with Crippen LogP contribution in [0.25, 0.3) is 77.0 Å². The van der Waals surface area contributed by atoms with Crippen molar-refractivity contribution in [1.82, 2.24) is 0 Å². The van der Waals surface area contributed by atoms with Crippen LogP contribution in [0.5, 0.6) is 11.5 Å². The number of rotatable bonds is 2. The van der Waals surface area contributed by atoms with Crippen molar-refractivity contribution in [2.45, 2.75) is 12.8 Å². The van der Waals surface area contributed by atoms with Crippen molar-refractivity contribution < 1.29 is 4.74 Å². The molecule has 0 fully saturated rings. The van der Waals surface area contributed by atoms with Crippen molar-refractivity contribution in [2.75, 3.05) is 0 Å². The minimum Gasteiger partial charge on any atom is -0.455 e. The molecular weight excluding hydrogens is 544 g/mol. The van der Waals surface area contributed by atoms with Crippen molar-refractivity contribution in [3.8, 4) is 33.8 Å². The first-order chi connectivity index (χ1) is 22.3. The summed E-state index contributed by atoms with van der Waals surface area (Å²) in [5.41, 5.74) is 10.2. The summed E-state index contributed by atoms with van der Waals surface area (Å²) in [5.74, 6) is 1.86. The van der Waals surface area contributed by atoms with Gasteiger partial charge in [-0.15, -0.1) is 0 Å². The van der Waals surface area contributed by atoms with E-state index in [0.29, 0.717) is 0 Å². The fraction of sp³-hybridized carbons (Fsp3) is 0.0455. The fourth-order valence-corrected chi connectivity index (χ4v) is 7.71. The summed E-state index contributed by atoms with van der Waals surface area (Å²) in [6, 6.07) is 51.0. The Balaban J connectivity index is 1.07. The van der Waals surface area contributed by atoms with E-state index in [0.717, 1.165) is 35.5 Å². The van der Waals surface area contributed by atoms with Gasteiger partial charge in [-0.3, -0.25) is 0 Å². The molecule has 2 aliphatic rings. The van der Waals surface area contributed by atoms with Gasteiger partial charge in [-0.05, 0) is 102 Å². The number of aryl methyl sites for hydroxylation is 1. The summed E-state index contributed by atoms with van der Waals surface area (Å²) >= 11 is 0. The lowest BCUT2D eigenvalue weighted by Crippen LogP contribution is -2.00. The molecule has 0 spiro atoms. The van der Waals surface area contributed by atoms with Gasteiger partial charge in [0.15, 0.2) is 0 Å². The maximum absolute atomic E-state index is 6.81. The summed E-state index contributed by atoms with van der Waals surface area (Å²) in [7, 11) is 0. The fourth-order valence-electron chi connectivity index (χ4n) is 7.71. The molecule has 1 aliphatic heterocycles. The Hall–Kier alpha value is -5.66. The molecule has 210 valence electrons. The van der Waals surface area contributed by atoms with Crippen molar-refractivity contribution in [3.63, 3.8) is 0 Å². The van der Waals surface area contributed by atoms with Crippen LogP contribution in [0.4, 0.5) is 0 Å². The lowest BCUT2D eigenvalue weighted by Gasteiger charge is -2.24. The molecule has 0 N–H and O–H groups in total. The van der Waals surface area contributed by atoms with Crippen LogP contribution in [0.1, 0.15) is 23.1 Å². The molecule has 8 aromatic carbocycles. The zero-order valence-corrected chi connectivity index (χ0v) is 24.7. The topological polar surface area (TPSA) is 9.23 Å². The van der Waals surface area contributed by atoms with Gasteiger partial charge in [0.2, 0.25) is 0 Å². The van der Waals surface area contributed by atoms with E-state index in [2.05, 4.69) is 146 Å². The largest absolute Gasteiger partial charge is 0.455 e. The SMILES string of the molecule is C1=C(c2ccc3cc(-c4cccc5c4Oc4cc6ccccc6c6cccc-5c46)ccc3c2)CCc2ccc3ccccc3c21. The Morgan fingerprint density at radius 3 is 2.04 bits per heavy atom. The van der Waals surface area contributed by atoms with Crippen LogP contribution in [0.2, 0.25) is 0 Å². The first-order valence-corrected chi connectivity index (χ1v) is 15.8. The van der Waals surface area contributed by atoms with Crippen LogP contribution >= 0.6 is 0 Å². The standard InChI is InChI=1S/C44H28O/c1-3-9-35-27(7-1)15-16-28-17-18-32(25-41(28)35)30-19-20-31-24-34(22-21-29(31)23-30)37-11-5-14-40-39-13-6-12-38-36-10-4-2-8-33(36)26-42(43(38)39)45-44(37)40/h1-16,19-26H,17-18H2. The third kappa shape index (κ3) is 3.74.